The molecule has 3 atom stereocenters. The van der Waals surface area contributed by atoms with Gasteiger partial charge in [0.25, 0.3) is 0 Å². The van der Waals surface area contributed by atoms with Crippen LogP contribution in [0.25, 0.3) is 0 Å². The van der Waals surface area contributed by atoms with E-state index < -0.39 is 6.69 Å². The Kier molecular flexibility index (Phi) is 5.71. The average Bonchev–Trinajstić information content (AvgIpc) is 3.35. The third-order valence-corrected chi connectivity index (χ3v) is 7.28. The van der Waals surface area contributed by atoms with Gasteiger partial charge < -0.3 is 18.4 Å². The quantitative estimate of drug-likeness (QED) is 0.624. The maximum atomic E-state index is 12.5. The van der Waals surface area contributed by atoms with Gasteiger partial charge in [0.05, 0.1) is 12.6 Å². The minimum atomic E-state index is -2.04. The fraction of sp³-hybridized carbons (Fsp3) is 0.636. The average molecular weight is 401 g/mol. The fourth-order valence-corrected chi connectivity index (χ4v) is 5.92. The molecule has 2 aliphatic heterocycles. The second kappa shape index (κ2) is 8.11. The molecule has 7 heteroatoms. The number of benzene rings is 1. The van der Waals surface area contributed by atoms with Gasteiger partial charge in [-0.15, -0.1) is 0 Å². The first-order valence-electron chi connectivity index (χ1n) is 11.1. The molecule has 0 radical (unpaired) electrons. The van der Waals surface area contributed by atoms with E-state index in [1.165, 1.54) is 0 Å². The van der Waals surface area contributed by atoms with Crippen LogP contribution >= 0.6 is 0 Å². The minimum absolute atomic E-state index is 0.00108. The van der Waals surface area contributed by atoms with Gasteiger partial charge in [0.1, 0.15) is 19.2 Å². The third kappa shape index (κ3) is 3.48. The van der Waals surface area contributed by atoms with Crippen molar-refractivity contribution in [2.24, 2.45) is 0 Å². The Balaban J connectivity index is 1.60. The lowest BCUT2D eigenvalue weighted by atomic mass is 9.53. The zero-order valence-electron chi connectivity index (χ0n) is 17.5. The van der Waals surface area contributed by atoms with Gasteiger partial charge in [-0.2, -0.15) is 0 Å². The number of nitrogens with zero attached hydrogens (tertiary/aromatic N) is 1. The normalized spacial score (nSPS) is 34.7. The second-order valence-corrected chi connectivity index (χ2v) is 9.08. The maximum Gasteiger partial charge on any atom is 0.587 e. The molecule has 0 amide bonds. The van der Waals surface area contributed by atoms with Crippen molar-refractivity contribution in [2.75, 3.05) is 13.1 Å². The standard InChI is InChI=1S/C22H32BNO5/c1-3-4-9-17(2)23-24(14-21(25)28-23,15-22(26)29-23)19-12-8-13-20(19)27-16-18-10-6-5-7-11-18/h5-7,10-11,17,19-20H,3-4,8-9,12-16H2,1-2H3/t17-,19?,20-,23?,24?/m0/s1. The molecule has 0 aromatic heterocycles. The first kappa shape index (κ1) is 20.4. The molecule has 6 nitrogen and oxygen atoms in total. The number of hydrogen-bond acceptors (Lipinski definition) is 5. The van der Waals surface area contributed by atoms with Crippen LogP contribution in [0, 0.1) is 0 Å². The number of fused-ring (bicyclic) bond motifs is 1. The summed E-state index contributed by atoms with van der Waals surface area (Å²) in [5.74, 6) is -0.465. The van der Waals surface area contributed by atoms with Gasteiger partial charge in [0, 0.05) is 0 Å². The van der Waals surface area contributed by atoms with Crippen molar-refractivity contribution in [3.8, 4) is 0 Å². The zero-order chi connectivity index (χ0) is 20.5. The van der Waals surface area contributed by atoms with E-state index in [9.17, 15) is 9.59 Å². The van der Waals surface area contributed by atoms with Crippen molar-refractivity contribution in [2.45, 2.75) is 76.9 Å². The highest BCUT2D eigenvalue weighted by molar-refractivity contribution is 6.67. The molecule has 1 aromatic rings. The summed E-state index contributed by atoms with van der Waals surface area (Å²) in [6.45, 7) is 3.17. The molecule has 1 aromatic carbocycles. The number of ether oxygens (including phenoxy) is 1. The van der Waals surface area contributed by atoms with Crippen molar-refractivity contribution in [1.82, 2.24) is 0 Å². The van der Waals surface area contributed by atoms with Crippen LogP contribution in [0.2, 0.25) is 5.82 Å². The van der Waals surface area contributed by atoms with Gasteiger partial charge in [0.2, 0.25) is 0 Å². The molecule has 0 N–H and O–H groups in total. The van der Waals surface area contributed by atoms with E-state index in [0.717, 1.165) is 44.1 Å². The van der Waals surface area contributed by atoms with Crippen LogP contribution in [0.3, 0.4) is 0 Å². The van der Waals surface area contributed by atoms with E-state index in [1.807, 2.05) is 18.2 Å². The molecule has 1 saturated carbocycles. The Morgan fingerprint density at radius 3 is 2.48 bits per heavy atom. The number of rotatable bonds is 8. The third-order valence-electron chi connectivity index (χ3n) is 7.28. The van der Waals surface area contributed by atoms with Gasteiger partial charge in [-0.3, -0.25) is 9.59 Å². The van der Waals surface area contributed by atoms with Crippen LogP contribution in [-0.4, -0.2) is 48.3 Å². The first-order valence-corrected chi connectivity index (χ1v) is 11.1. The molecule has 1 aliphatic carbocycles. The predicted octanol–water partition coefficient (Wildman–Crippen LogP) is 3.57. The molecule has 4 rings (SSSR count). The number of hydrogen-bond donors (Lipinski definition) is 0. The Bertz CT molecular complexity index is 735. The molecule has 29 heavy (non-hydrogen) atoms. The molecular weight excluding hydrogens is 369 g/mol. The van der Waals surface area contributed by atoms with E-state index in [2.05, 4.69) is 26.0 Å². The summed E-state index contributed by atoms with van der Waals surface area (Å²) in [5.41, 5.74) is 1.13. The van der Waals surface area contributed by atoms with E-state index in [0.29, 0.717) is 11.0 Å². The zero-order valence-corrected chi connectivity index (χ0v) is 17.5. The summed E-state index contributed by atoms with van der Waals surface area (Å²) in [4.78, 5) is 25.1. The summed E-state index contributed by atoms with van der Waals surface area (Å²) in [6.07, 6.45) is 5.87. The van der Waals surface area contributed by atoms with Crippen LogP contribution in [-0.2, 0) is 30.2 Å². The van der Waals surface area contributed by atoms with Crippen LogP contribution in [0.5, 0.6) is 0 Å². The maximum absolute atomic E-state index is 12.5. The summed E-state index contributed by atoms with van der Waals surface area (Å²) in [7, 11) is 0. The molecule has 3 fully saturated rings. The predicted molar refractivity (Wildman–Crippen MR) is 110 cm³/mol. The fourth-order valence-electron chi connectivity index (χ4n) is 5.92. The van der Waals surface area contributed by atoms with E-state index >= 15 is 0 Å². The van der Waals surface area contributed by atoms with Gasteiger partial charge >= 0.3 is 18.6 Å². The van der Waals surface area contributed by atoms with Crippen molar-refractivity contribution in [3.63, 3.8) is 0 Å². The molecule has 2 heterocycles. The number of unbranched alkanes of at least 4 members (excludes halogenated alkanes) is 1. The molecule has 0 spiro atoms. The summed E-state index contributed by atoms with van der Waals surface area (Å²) >= 11 is 0. The lowest BCUT2D eigenvalue weighted by Crippen LogP contribution is -2.70. The number of carbonyl (C=O) groups is 2. The van der Waals surface area contributed by atoms with Crippen LogP contribution < -0.4 is 0 Å². The van der Waals surface area contributed by atoms with Crippen molar-refractivity contribution < 1.29 is 28.0 Å². The minimum Gasteiger partial charge on any atom is -0.600 e. The van der Waals surface area contributed by atoms with Crippen LogP contribution in [0.15, 0.2) is 30.3 Å². The van der Waals surface area contributed by atoms with E-state index in [1.54, 1.807) is 0 Å². The topological polar surface area (TPSA) is 61.8 Å². The van der Waals surface area contributed by atoms with Crippen LogP contribution in [0.1, 0.15) is 57.9 Å². The number of quaternary nitrogens is 1. The molecule has 158 valence electrons. The van der Waals surface area contributed by atoms with Crippen molar-refractivity contribution in [3.05, 3.63) is 35.9 Å². The highest BCUT2D eigenvalue weighted by atomic mass is 16.7. The first-order chi connectivity index (χ1) is 14.0. The van der Waals surface area contributed by atoms with Gasteiger partial charge in [0.15, 0.2) is 0 Å². The second-order valence-electron chi connectivity index (χ2n) is 9.08. The Morgan fingerprint density at radius 2 is 1.83 bits per heavy atom. The lowest BCUT2D eigenvalue weighted by molar-refractivity contribution is -0.846. The van der Waals surface area contributed by atoms with Crippen LogP contribution in [0.4, 0.5) is 0 Å². The number of carbonyl (C=O) groups excluding carboxylic acids is 2. The van der Waals surface area contributed by atoms with Crippen molar-refractivity contribution >= 4 is 18.6 Å². The summed E-state index contributed by atoms with van der Waals surface area (Å²) in [6, 6.07) is 10.2. The Morgan fingerprint density at radius 1 is 1.14 bits per heavy atom. The lowest BCUT2D eigenvalue weighted by Gasteiger charge is -2.51. The molecular formula is C22H32BNO5. The monoisotopic (exact) mass is 401 g/mol. The van der Waals surface area contributed by atoms with Crippen molar-refractivity contribution in [1.29, 1.82) is 0 Å². The largest absolute Gasteiger partial charge is 0.600 e. The molecule has 3 aliphatic rings. The summed E-state index contributed by atoms with van der Waals surface area (Å²) < 4.78 is 18.5. The highest BCUT2D eigenvalue weighted by Crippen LogP contribution is 2.50. The summed E-state index contributed by atoms with van der Waals surface area (Å²) in [5, 5.41) is 0. The Hall–Kier alpha value is -1.86. The molecule has 1 unspecified atom stereocenters. The SMILES string of the molecule is CCCC[C@H](C)[B-]12OC(=O)C[N+]1(C1CCC[C@@H]1OCc1ccccc1)CC(=O)O2. The van der Waals surface area contributed by atoms with Gasteiger partial charge in [-0.25, -0.2) is 0 Å². The molecule has 2 saturated heterocycles. The molecule has 0 bridgehead atoms. The Labute approximate surface area is 173 Å². The van der Waals surface area contributed by atoms with Gasteiger partial charge in [-0.1, -0.05) is 63.4 Å². The van der Waals surface area contributed by atoms with Gasteiger partial charge in [-0.05, 0) is 30.6 Å². The van der Waals surface area contributed by atoms with E-state index in [-0.39, 0.29) is 43.0 Å². The highest BCUT2D eigenvalue weighted by Gasteiger charge is 2.72. The smallest absolute Gasteiger partial charge is 0.587 e. The van der Waals surface area contributed by atoms with E-state index in [4.69, 9.17) is 14.0 Å².